The average Bonchev–Trinajstić information content (AvgIpc) is 3.10. The van der Waals surface area contributed by atoms with E-state index in [1.807, 2.05) is 6.07 Å². The minimum absolute atomic E-state index is 0.142. The molecule has 0 aliphatic heterocycles. The third-order valence-electron chi connectivity index (χ3n) is 3.51. The zero-order valence-electron chi connectivity index (χ0n) is 10.6. The van der Waals surface area contributed by atoms with Gasteiger partial charge in [0.15, 0.2) is 0 Å². The molecule has 1 aromatic heterocycles. The summed E-state index contributed by atoms with van der Waals surface area (Å²) in [6.07, 6.45) is 3.80. The Labute approximate surface area is 111 Å². The van der Waals surface area contributed by atoms with Gasteiger partial charge in [0.1, 0.15) is 5.82 Å². The van der Waals surface area contributed by atoms with Crippen LogP contribution in [0.2, 0.25) is 0 Å². The topological polar surface area (TPSA) is 12.0 Å². The Morgan fingerprint density at radius 2 is 2.22 bits per heavy atom. The van der Waals surface area contributed by atoms with Gasteiger partial charge in [-0.3, -0.25) is 0 Å². The SMILES string of the molecule is CCCNC(c1cc2cc(F)ccc2s1)C1CC1. The Morgan fingerprint density at radius 3 is 2.94 bits per heavy atom. The fourth-order valence-corrected chi connectivity index (χ4v) is 3.63. The highest BCUT2D eigenvalue weighted by atomic mass is 32.1. The summed E-state index contributed by atoms with van der Waals surface area (Å²) in [6.45, 7) is 3.25. The summed E-state index contributed by atoms with van der Waals surface area (Å²) in [7, 11) is 0. The Bertz CT molecular complexity index is 544. The maximum absolute atomic E-state index is 13.2. The van der Waals surface area contributed by atoms with E-state index >= 15 is 0 Å². The highest BCUT2D eigenvalue weighted by Gasteiger charge is 2.32. The lowest BCUT2D eigenvalue weighted by atomic mass is 10.1. The lowest BCUT2D eigenvalue weighted by molar-refractivity contribution is 0.488. The molecule has 1 heterocycles. The van der Waals surface area contributed by atoms with E-state index in [2.05, 4.69) is 18.3 Å². The first-order chi connectivity index (χ1) is 8.78. The summed E-state index contributed by atoms with van der Waals surface area (Å²) in [5.41, 5.74) is 0. The summed E-state index contributed by atoms with van der Waals surface area (Å²) in [5, 5.41) is 4.68. The van der Waals surface area contributed by atoms with E-state index in [0.717, 1.165) is 24.3 Å². The number of thiophene rings is 1. The summed E-state index contributed by atoms with van der Waals surface area (Å²) >= 11 is 1.80. The minimum atomic E-state index is -0.142. The van der Waals surface area contributed by atoms with Crippen molar-refractivity contribution in [3.8, 4) is 0 Å². The van der Waals surface area contributed by atoms with E-state index in [0.29, 0.717) is 6.04 Å². The number of rotatable bonds is 5. The molecule has 3 rings (SSSR count). The van der Waals surface area contributed by atoms with Crippen molar-refractivity contribution in [2.45, 2.75) is 32.2 Å². The van der Waals surface area contributed by atoms with Gasteiger partial charge in [0.05, 0.1) is 0 Å². The Hall–Kier alpha value is -0.930. The molecule has 1 fully saturated rings. The van der Waals surface area contributed by atoms with Gasteiger partial charge in [-0.25, -0.2) is 4.39 Å². The zero-order chi connectivity index (χ0) is 12.5. The largest absolute Gasteiger partial charge is 0.309 e. The highest BCUT2D eigenvalue weighted by Crippen LogP contribution is 2.44. The van der Waals surface area contributed by atoms with Crippen LogP contribution in [0.3, 0.4) is 0 Å². The monoisotopic (exact) mass is 263 g/mol. The van der Waals surface area contributed by atoms with E-state index in [4.69, 9.17) is 0 Å². The van der Waals surface area contributed by atoms with Crippen molar-refractivity contribution in [2.24, 2.45) is 5.92 Å². The predicted molar refractivity (Wildman–Crippen MR) is 75.5 cm³/mol. The second kappa shape index (κ2) is 4.98. The molecule has 1 nitrogen and oxygen atoms in total. The molecule has 1 saturated carbocycles. The molecule has 1 aliphatic rings. The van der Waals surface area contributed by atoms with Crippen molar-refractivity contribution in [3.63, 3.8) is 0 Å². The average molecular weight is 263 g/mol. The van der Waals surface area contributed by atoms with Gasteiger partial charge in [0.2, 0.25) is 0 Å². The highest BCUT2D eigenvalue weighted by molar-refractivity contribution is 7.19. The van der Waals surface area contributed by atoms with Crippen LogP contribution < -0.4 is 5.32 Å². The lowest BCUT2D eigenvalue weighted by Crippen LogP contribution is -2.22. The molecule has 1 aliphatic carbocycles. The van der Waals surface area contributed by atoms with Crippen LogP contribution in [-0.2, 0) is 0 Å². The van der Waals surface area contributed by atoms with Crippen LogP contribution in [0.5, 0.6) is 0 Å². The summed E-state index contributed by atoms with van der Waals surface area (Å²) in [5.74, 6) is 0.644. The van der Waals surface area contributed by atoms with E-state index in [-0.39, 0.29) is 5.82 Å². The summed E-state index contributed by atoms with van der Waals surface area (Å²) in [4.78, 5) is 1.37. The van der Waals surface area contributed by atoms with Crippen LogP contribution in [0.15, 0.2) is 24.3 Å². The van der Waals surface area contributed by atoms with Crippen molar-refractivity contribution >= 4 is 21.4 Å². The van der Waals surface area contributed by atoms with E-state index in [9.17, 15) is 4.39 Å². The standard InChI is InChI=1S/C15H18FNS/c1-2-7-17-15(10-3-4-10)14-9-11-8-12(16)5-6-13(11)18-14/h5-6,8-10,15,17H,2-4,7H2,1H3. The van der Waals surface area contributed by atoms with Gasteiger partial charge in [-0.05, 0) is 61.4 Å². The first-order valence-electron chi connectivity index (χ1n) is 6.70. The van der Waals surface area contributed by atoms with Crippen LogP contribution in [-0.4, -0.2) is 6.54 Å². The van der Waals surface area contributed by atoms with Gasteiger partial charge in [0.25, 0.3) is 0 Å². The van der Waals surface area contributed by atoms with Crippen molar-refractivity contribution in [3.05, 3.63) is 35.0 Å². The molecule has 0 amide bonds. The fraction of sp³-hybridized carbons (Fsp3) is 0.467. The van der Waals surface area contributed by atoms with Crippen LogP contribution >= 0.6 is 11.3 Å². The number of benzene rings is 1. The van der Waals surface area contributed by atoms with Gasteiger partial charge in [-0.2, -0.15) is 0 Å². The van der Waals surface area contributed by atoms with E-state index in [1.54, 1.807) is 23.5 Å². The number of fused-ring (bicyclic) bond motifs is 1. The number of halogens is 1. The van der Waals surface area contributed by atoms with Gasteiger partial charge >= 0.3 is 0 Å². The summed E-state index contributed by atoms with van der Waals surface area (Å²) < 4.78 is 14.4. The van der Waals surface area contributed by atoms with Crippen molar-refractivity contribution in [1.82, 2.24) is 5.32 Å². The van der Waals surface area contributed by atoms with Crippen LogP contribution in [0, 0.1) is 11.7 Å². The molecular formula is C15H18FNS. The fourth-order valence-electron chi connectivity index (χ4n) is 2.42. The van der Waals surface area contributed by atoms with Gasteiger partial charge < -0.3 is 5.32 Å². The van der Waals surface area contributed by atoms with Crippen LogP contribution in [0.1, 0.15) is 37.1 Å². The molecule has 2 aromatic rings. The van der Waals surface area contributed by atoms with Crippen molar-refractivity contribution in [2.75, 3.05) is 6.54 Å². The third-order valence-corrected chi connectivity index (χ3v) is 4.71. The summed E-state index contributed by atoms with van der Waals surface area (Å²) in [6, 6.07) is 7.72. The molecule has 96 valence electrons. The number of nitrogens with one attached hydrogen (secondary N) is 1. The minimum Gasteiger partial charge on any atom is -0.309 e. The maximum Gasteiger partial charge on any atom is 0.123 e. The normalized spacial score (nSPS) is 17.2. The molecule has 0 spiro atoms. The molecule has 18 heavy (non-hydrogen) atoms. The third kappa shape index (κ3) is 2.43. The Kier molecular flexibility index (Phi) is 3.35. The van der Waals surface area contributed by atoms with Gasteiger partial charge in [-0.1, -0.05) is 6.92 Å². The van der Waals surface area contributed by atoms with Crippen LogP contribution in [0.4, 0.5) is 4.39 Å². The molecule has 1 unspecified atom stereocenters. The molecular weight excluding hydrogens is 245 g/mol. The van der Waals surface area contributed by atoms with Crippen molar-refractivity contribution < 1.29 is 4.39 Å². The quantitative estimate of drug-likeness (QED) is 0.838. The molecule has 1 atom stereocenters. The van der Waals surface area contributed by atoms with E-state index < -0.39 is 0 Å². The molecule has 0 saturated heterocycles. The molecule has 0 bridgehead atoms. The van der Waals surface area contributed by atoms with Gasteiger partial charge in [-0.15, -0.1) is 11.3 Å². The van der Waals surface area contributed by atoms with Crippen molar-refractivity contribution in [1.29, 1.82) is 0 Å². The molecule has 1 aromatic carbocycles. The first-order valence-corrected chi connectivity index (χ1v) is 7.52. The van der Waals surface area contributed by atoms with Gasteiger partial charge in [0, 0.05) is 15.6 Å². The van der Waals surface area contributed by atoms with Crippen LogP contribution in [0.25, 0.3) is 10.1 Å². The van der Waals surface area contributed by atoms with E-state index in [1.165, 1.54) is 22.4 Å². The molecule has 3 heteroatoms. The second-order valence-electron chi connectivity index (χ2n) is 5.10. The maximum atomic E-state index is 13.2. The first kappa shape index (κ1) is 12.1. The second-order valence-corrected chi connectivity index (χ2v) is 6.22. The number of hydrogen-bond acceptors (Lipinski definition) is 2. The Balaban J connectivity index is 1.90. The predicted octanol–water partition coefficient (Wildman–Crippen LogP) is 4.49. The lowest BCUT2D eigenvalue weighted by Gasteiger charge is -2.15. The molecule has 1 N–H and O–H groups in total. The molecule has 0 radical (unpaired) electrons. The number of hydrogen-bond donors (Lipinski definition) is 1. The Morgan fingerprint density at radius 1 is 1.39 bits per heavy atom. The zero-order valence-corrected chi connectivity index (χ0v) is 11.4. The smallest absolute Gasteiger partial charge is 0.123 e.